The second-order valence-electron chi connectivity index (χ2n) is 10.3. The summed E-state index contributed by atoms with van der Waals surface area (Å²) in [6.45, 7) is 9.19. The molecule has 7 heteroatoms. The average Bonchev–Trinajstić information content (AvgIpc) is 2.83. The highest BCUT2D eigenvalue weighted by Crippen LogP contribution is 2.37. The largest absolute Gasteiger partial charge is 0.490 e. The van der Waals surface area contributed by atoms with E-state index in [0.717, 1.165) is 37.1 Å². The molecule has 1 aliphatic carbocycles. The van der Waals surface area contributed by atoms with Gasteiger partial charge >= 0.3 is 0 Å². The third-order valence-electron chi connectivity index (χ3n) is 6.05. The van der Waals surface area contributed by atoms with E-state index in [9.17, 15) is 4.79 Å². The Hall–Kier alpha value is -2.86. The highest BCUT2D eigenvalue weighted by molar-refractivity contribution is 6.32. The minimum atomic E-state index is -0.159. The topological polar surface area (TPSA) is 65.7 Å². The Bertz CT molecular complexity index is 1270. The lowest BCUT2D eigenvalue weighted by atomic mass is 9.88. The Morgan fingerprint density at radius 2 is 1.89 bits per heavy atom. The van der Waals surface area contributed by atoms with Crippen LogP contribution in [-0.4, -0.2) is 29.1 Å². The lowest BCUT2D eigenvalue weighted by molar-refractivity contribution is 0.189. The number of halogens is 1. The van der Waals surface area contributed by atoms with E-state index in [4.69, 9.17) is 26.1 Å². The van der Waals surface area contributed by atoms with E-state index < -0.39 is 0 Å². The maximum absolute atomic E-state index is 13.4. The zero-order chi connectivity index (χ0) is 25.0. The van der Waals surface area contributed by atoms with Crippen molar-refractivity contribution in [2.24, 2.45) is 10.5 Å². The van der Waals surface area contributed by atoms with Gasteiger partial charge in [-0.1, -0.05) is 63.8 Å². The van der Waals surface area contributed by atoms with E-state index >= 15 is 0 Å². The summed E-state index contributed by atoms with van der Waals surface area (Å²) >= 11 is 6.60. The molecule has 6 nitrogen and oxygen atoms in total. The monoisotopic (exact) mass is 495 g/mol. The SMILES string of the molecule is CCOc1cc(C=Nn2c(C3CCCCC3)nc3ccccc3c2=O)cc(Cl)c1OCC(C)(C)C. The summed E-state index contributed by atoms with van der Waals surface area (Å²) in [5.41, 5.74) is 1.25. The molecule has 0 amide bonds. The number of aromatic nitrogens is 2. The molecule has 1 aromatic heterocycles. The quantitative estimate of drug-likeness (QED) is 0.338. The van der Waals surface area contributed by atoms with Gasteiger partial charge in [0.25, 0.3) is 5.56 Å². The highest BCUT2D eigenvalue weighted by Gasteiger charge is 2.22. The van der Waals surface area contributed by atoms with Crippen molar-refractivity contribution >= 4 is 28.7 Å². The third kappa shape index (κ3) is 6.04. The van der Waals surface area contributed by atoms with Crippen LogP contribution >= 0.6 is 11.6 Å². The fourth-order valence-corrected chi connectivity index (χ4v) is 4.63. The summed E-state index contributed by atoms with van der Waals surface area (Å²) in [6.07, 6.45) is 7.17. The van der Waals surface area contributed by atoms with Crippen molar-refractivity contribution in [3.8, 4) is 11.5 Å². The molecule has 1 saturated carbocycles. The second-order valence-corrected chi connectivity index (χ2v) is 10.7. The number of rotatable bonds is 7. The summed E-state index contributed by atoms with van der Waals surface area (Å²) < 4.78 is 13.3. The fraction of sp³-hybridized carbons (Fsp3) is 0.464. The number of benzene rings is 2. The predicted molar refractivity (Wildman–Crippen MR) is 142 cm³/mol. The number of hydrogen-bond donors (Lipinski definition) is 0. The van der Waals surface area contributed by atoms with Gasteiger partial charge in [-0.15, -0.1) is 0 Å². The van der Waals surface area contributed by atoms with Gasteiger partial charge in [-0.05, 0) is 55.0 Å². The molecule has 35 heavy (non-hydrogen) atoms. The average molecular weight is 496 g/mol. The summed E-state index contributed by atoms with van der Waals surface area (Å²) in [5.74, 6) is 2.02. The smallest absolute Gasteiger partial charge is 0.282 e. The van der Waals surface area contributed by atoms with Crippen molar-refractivity contribution in [2.75, 3.05) is 13.2 Å². The molecule has 0 N–H and O–H groups in total. The zero-order valence-corrected chi connectivity index (χ0v) is 21.8. The first-order chi connectivity index (χ1) is 16.8. The number of hydrogen-bond acceptors (Lipinski definition) is 5. The molecule has 2 aromatic carbocycles. The van der Waals surface area contributed by atoms with Crippen LogP contribution in [0.3, 0.4) is 0 Å². The van der Waals surface area contributed by atoms with Crippen molar-refractivity contribution in [2.45, 2.75) is 65.7 Å². The molecule has 0 aliphatic heterocycles. The van der Waals surface area contributed by atoms with Gasteiger partial charge in [-0.3, -0.25) is 4.79 Å². The summed E-state index contributed by atoms with van der Waals surface area (Å²) in [7, 11) is 0. The van der Waals surface area contributed by atoms with Crippen LogP contribution in [-0.2, 0) is 0 Å². The Morgan fingerprint density at radius 1 is 1.14 bits per heavy atom. The molecule has 0 atom stereocenters. The molecule has 1 heterocycles. The Labute approximate surface area is 211 Å². The van der Waals surface area contributed by atoms with E-state index in [0.29, 0.717) is 40.6 Å². The Kier molecular flexibility index (Phi) is 7.80. The second kappa shape index (κ2) is 10.8. The molecule has 1 fully saturated rings. The molecule has 3 aromatic rings. The standard InChI is InChI=1S/C28H34ClN3O3/c1-5-34-24-16-19(15-22(29)25(24)35-18-28(2,3)4)17-30-32-26(20-11-7-6-8-12-20)31-23-14-10-9-13-21(23)27(32)33/h9-10,13-17,20H,5-8,11-12,18H2,1-4H3. The minimum Gasteiger partial charge on any atom is -0.490 e. The van der Waals surface area contributed by atoms with Gasteiger partial charge in [0, 0.05) is 5.92 Å². The van der Waals surface area contributed by atoms with Crippen LogP contribution < -0.4 is 15.0 Å². The van der Waals surface area contributed by atoms with Gasteiger partial charge in [0.2, 0.25) is 0 Å². The van der Waals surface area contributed by atoms with Crippen LogP contribution in [0.25, 0.3) is 10.9 Å². The van der Waals surface area contributed by atoms with Crippen LogP contribution in [0.5, 0.6) is 11.5 Å². The van der Waals surface area contributed by atoms with E-state index in [2.05, 4.69) is 25.9 Å². The lowest BCUT2D eigenvalue weighted by Crippen LogP contribution is -2.25. The first-order valence-corrected chi connectivity index (χ1v) is 12.8. The van der Waals surface area contributed by atoms with Crippen molar-refractivity contribution in [3.05, 3.63) is 63.2 Å². The summed E-state index contributed by atoms with van der Waals surface area (Å²) in [5, 5.41) is 5.62. The van der Waals surface area contributed by atoms with Gasteiger partial charge in [-0.25, -0.2) is 4.98 Å². The van der Waals surface area contributed by atoms with Crippen molar-refractivity contribution in [3.63, 3.8) is 0 Å². The van der Waals surface area contributed by atoms with Crippen LogP contribution in [0.15, 0.2) is 46.3 Å². The molecule has 4 rings (SSSR count). The molecule has 0 saturated heterocycles. The first kappa shape index (κ1) is 25.2. The number of para-hydroxylation sites is 1. The van der Waals surface area contributed by atoms with Crippen LogP contribution in [0, 0.1) is 5.41 Å². The molecule has 0 radical (unpaired) electrons. The fourth-order valence-electron chi connectivity index (χ4n) is 4.36. The van der Waals surface area contributed by atoms with Crippen LogP contribution in [0.4, 0.5) is 0 Å². The number of fused-ring (bicyclic) bond motifs is 1. The first-order valence-electron chi connectivity index (χ1n) is 12.4. The minimum absolute atomic E-state index is 0.0211. The molecule has 186 valence electrons. The highest BCUT2D eigenvalue weighted by atomic mass is 35.5. The van der Waals surface area contributed by atoms with Gasteiger partial charge < -0.3 is 9.47 Å². The molecular weight excluding hydrogens is 462 g/mol. The molecule has 0 unspecified atom stereocenters. The van der Waals surface area contributed by atoms with Gasteiger partial charge in [0.15, 0.2) is 11.5 Å². The van der Waals surface area contributed by atoms with E-state index in [1.165, 1.54) is 11.1 Å². The molecule has 1 aliphatic rings. The van der Waals surface area contributed by atoms with E-state index in [1.54, 1.807) is 18.3 Å². The summed E-state index contributed by atoms with van der Waals surface area (Å²) in [4.78, 5) is 18.3. The van der Waals surface area contributed by atoms with Crippen molar-refractivity contribution < 1.29 is 9.47 Å². The van der Waals surface area contributed by atoms with E-state index in [-0.39, 0.29) is 16.9 Å². The molecule has 0 spiro atoms. The lowest BCUT2D eigenvalue weighted by Gasteiger charge is -2.23. The predicted octanol–water partition coefficient (Wildman–Crippen LogP) is 6.80. The van der Waals surface area contributed by atoms with Crippen molar-refractivity contribution in [1.29, 1.82) is 0 Å². The van der Waals surface area contributed by atoms with Gasteiger partial charge in [0.05, 0.1) is 35.4 Å². The van der Waals surface area contributed by atoms with Crippen LogP contribution in [0.2, 0.25) is 5.02 Å². The Balaban J connectivity index is 1.74. The summed E-state index contributed by atoms with van der Waals surface area (Å²) in [6, 6.07) is 11.1. The third-order valence-corrected chi connectivity index (χ3v) is 6.33. The van der Waals surface area contributed by atoms with E-state index in [1.807, 2.05) is 31.2 Å². The maximum Gasteiger partial charge on any atom is 0.282 e. The van der Waals surface area contributed by atoms with Crippen LogP contribution in [0.1, 0.15) is 77.1 Å². The number of ether oxygens (including phenoxy) is 2. The molecule has 0 bridgehead atoms. The Morgan fingerprint density at radius 3 is 2.60 bits per heavy atom. The van der Waals surface area contributed by atoms with Gasteiger partial charge in [-0.2, -0.15) is 9.78 Å². The maximum atomic E-state index is 13.4. The molecular formula is C28H34ClN3O3. The van der Waals surface area contributed by atoms with Crippen molar-refractivity contribution in [1.82, 2.24) is 9.66 Å². The normalized spacial score (nSPS) is 15.1. The zero-order valence-electron chi connectivity index (χ0n) is 21.0. The number of nitrogens with zero attached hydrogens (tertiary/aromatic N) is 3. The van der Waals surface area contributed by atoms with Gasteiger partial charge in [0.1, 0.15) is 5.82 Å².